The smallest absolute Gasteiger partial charge is 0.342 e. The minimum atomic E-state index is -1.55. The topological polar surface area (TPSA) is 170 Å². The Bertz CT molecular complexity index is 1050. The summed E-state index contributed by atoms with van der Waals surface area (Å²) in [5.74, 6) is -4.00. The second-order valence-electron chi connectivity index (χ2n) is 8.06. The van der Waals surface area contributed by atoms with Crippen LogP contribution in [-0.4, -0.2) is 78.9 Å². The van der Waals surface area contributed by atoms with Crippen molar-refractivity contribution in [2.45, 2.75) is 65.0 Å². The van der Waals surface area contributed by atoms with Gasteiger partial charge in [0.15, 0.2) is 12.2 Å². The van der Waals surface area contributed by atoms with E-state index in [1.807, 2.05) is 0 Å². The molecule has 13 nitrogen and oxygen atoms in total. The van der Waals surface area contributed by atoms with Crippen LogP contribution in [0.25, 0.3) is 0 Å². The van der Waals surface area contributed by atoms with Crippen molar-refractivity contribution in [3.05, 3.63) is 42.0 Å². The average Bonchev–Trinajstić information content (AvgIpc) is 2.84. The molecule has 0 bridgehead atoms. The Balaban J connectivity index is 2.56. The molecule has 1 aromatic rings. The third-order valence-corrected chi connectivity index (χ3v) is 4.97. The van der Waals surface area contributed by atoms with Crippen LogP contribution in [0.5, 0.6) is 5.75 Å². The van der Waals surface area contributed by atoms with Gasteiger partial charge in [-0.2, -0.15) is 0 Å². The summed E-state index contributed by atoms with van der Waals surface area (Å²) in [6, 6.07) is 4.14. The van der Waals surface area contributed by atoms with E-state index >= 15 is 0 Å². The number of carbonyl (C=O) groups excluding carboxylic acids is 5. The van der Waals surface area contributed by atoms with Gasteiger partial charge in [-0.25, -0.2) is 4.79 Å². The lowest BCUT2D eigenvalue weighted by molar-refractivity contribution is -0.288. The van der Waals surface area contributed by atoms with Crippen molar-refractivity contribution < 1.29 is 62.2 Å². The molecule has 0 radical (unpaired) electrons. The van der Waals surface area contributed by atoms with Crippen LogP contribution in [0.3, 0.4) is 0 Å². The summed E-state index contributed by atoms with van der Waals surface area (Å²) in [7, 11) is 0. The lowest BCUT2D eigenvalue weighted by atomic mass is 9.98. The molecule has 1 N–H and O–H groups in total. The Labute approximate surface area is 218 Å². The summed E-state index contributed by atoms with van der Waals surface area (Å²) in [4.78, 5) is 59.9. The van der Waals surface area contributed by atoms with Gasteiger partial charge in [-0.1, -0.05) is 18.7 Å². The van der Waals surface area contributed by atoms with Crippen LogP contribution >= 0.6 is 0 Å². The third-order valence-electron chi connectivity index (χ3n) is 4.97. The number of benzene rings is 1. The van der Waals surface area contributed by atoms with Crippen molar-refractivity contribution >= 4 is 29.8 Å². The highest BCUT2D eigenvalue weighted by Crippen LogP contribution is 2.32. The molecular weight excluding hydrogens is 508 g/mol. The summed E-state index contributed by atoms with van der Waals surface area (Å²) in [5.41, 5.74) is 0.260. The highest BCUT2D eigenvalue weighted by atomic mass is 16.7. The Morgan fingerprint density at radius 3 is 2.05 bits per heavy atom. The van der Waals surface area contributed by atoms with Gasteiger partial charge in [0.25, 0.3) is 0 Å². The number of hydrogen-bond acceptors (Lipinski definition) is 13. The zero-order valence-corrected chi connectivity index (χ0v) is 21.4. The van der Waals surface area contributed by atoms with Gasteiger partial charge in [0.1, 0.15) is 30.6 Å². The first kappa shape index (κ1) is 30.3. The number of aliphatic hydroxyl groups excluding tert-OH is 1. The van der Waals surface area contributed by atoms with Gasteiger partial charge in [0.05, 0.1) is 6.61 Å². The first-order chi connectivity index (χ1) is 18.0. The third kappa shape index (κ3) is 8.56. The molecule has 0 saturated carbocycles. The summed E-state index contributed by atoms with van der Waals surface area (Å²) < 4.78 is 37.9. The van der Waals surface area contributed by atoms with Gasteiger partial charge >= 0.3 is 29.8 Å². The van der Waals surface area contributed by atoms with Crippen LogP contribution in [-0.2, 0) is 54.2 Å². The number of rotatable bonds is 11. The molecule has 208 valence electrons. The first-order valence-corrected chi connectivity index (χ1v) is 11.5. The fourth-order valence-corrected chi connectivity index (χ4v) is 3.56. The van der Waals surface area contributed by atoms with Crippen LogP contribution in [0.2, 0.25) is 0 Å². The maximum Gasteiger partial charge on any atom is 0.342 e. The molecule has 1 aromatic carbocycles. The Morgan fingerprint density at radius 1 is 0.895 bits per heavy atom. The summed E-state index contributed by atoms with van der Waals surface area (Å²) in [5, 5.41) is 9.51. The van der Waals surface area contributed by atoms with Crippen LogP contribution in [0, 0.1) is 0 Å². The predicted octanol–water partition coefficient (Wildman–Crippen LogP) is 0.984. The molecule has 3 unspecified atom stereocenters. The first-order valence-electron chi connectivity index (χ1n) is 11.5. The average molecular weight is 539 g/mol. The maximum atomic E-state index is 12.7. The van der Waals surface area contributed by atoms with Crippen molar-refractivity contribution in [3.63, 3.8) is 0 Å². The van der Waals surface area contributed by atoms with Crippen molar-refractivity contribution in [1.29, 1.82) is 0 Å². The number of hydrogen-bond donors (Lipinski definition) is 1. The van der Waals surface area contributed by atoms with E-state index < -0.39 is 67.2 Å². The molecule has 13 heteroatoms. The molecule has 1 fully saturated rings. The normalized spacial score (nSPS) is 22.4. The molecule has 1 saturated heterocycles. The standard InChI is InChI=1S/C25H30O13/c1-6-9-32-24(31)18-10-17(11-26)7-8-19(18)37-25-23(36-16(5)30)22(35-15(4)29)21(34-14(3)28)20(38-25)12-33-13(2)27/h6-8,10,20-23,25-26H,1,9,11-12H2,2-5H3/t20?,21?,22?,23-,25-/m1/s1. The van der Waals surface area contributed by atoms with Gasteiger partial charge in [-0.15, -0.1) is 0 Å². The molecule has 0 aliphatic carbocycles. The van der Waals surface area contributed by atoms with Crippen LogP contribution in [0.1, 0.15) is 43.6 Å². The minimum Gasteiger partial charge on any atom is -0.463 e. The molecule has 0 spiro atoms. The fraction of sp³-hybridized carbons (Fsp3) is 0.480. The van der Waals surface area contributed by atoms with Crippen molar-refractivity contribution in [2.24, 2.45) is 0 Å². The number of aliphatic hydroxyl groups is 1. The summed E-state index contributed by atoms with van der Waals surface area (Å²) >= 11 is 0. The van der Waals surface area contributed by atoms with E-state index in [1.54, 1.807) is 0 Å². The van der Waals surface area contributed by atoms with Gasteiger partial charge in [0.2, 0.25) is 12.4 Å². The molecule has 1 heterocycles. The highest BCUT2D eigenvalue weighted by Gasteiger charge is 2.53. The van der Waals surface area contributed by atoms with E-state index in [4.69, 9.17) is 33.2 Å². The van der Waals surface area contributed by atoms with E-state index in [1.165, 1.54) is 24.3 Å². The number of carbonyl (C=O) groups is 5. The van der Waals surface area contributed by atoms with E-state index in [0.29, 0.717) is 5.56 Å². The zero-order chi connectivity index (χ0) is 28.4. The molecule has 0 amide bonds. The molecule has 5 atom stereocenters. The lowest BCUT2D eigenvalue weighted by Crippen LogP contribution is -2.63. The monoisotopic (exact) mass is 538 g/mol. The Kier molecular flexibility index (Phi) is 11.2. The van der Waals surface area contributed by atoms with E-state index in [2.05, 4.69) is 6.58 Å². The van der Waals surface area contributed by atoms with Gasteiger partial charge in [0, 0.05) is 27.7 Å². The van der Waals surface area contributed by atoms with E-state index in [-0.39, 0.29) is 24.5 Å². The lowest BCUT2D eigenvalue weighted by Gasteiger charge is -2.44. The second kappa shape index (κ2) is 14.1. The van der Waals surface area contributed by atoms with Crippen LogP contribution in [0.4, 0.5) is 0 Å². The summed E-state index contributed by atoms with van der Waals surface area (Å²) in [6.07, 6.45) is -5.75. The summed E-state index contributed by atoms with van der Waals surface area (Å²) in [6.45, 7) is 6.95. The van der Waals surface area contributed by atoms with Crippen molar-refractivity contribution in [3.8, 4) is 5.75 Å². The second-order valence-corrected chi connectivity index (χ2v) is 8.06. The quantitative estimate of drug-likeness (QED) is 0.240. The zero-order valence-electron chi connectivity index (χ0n) is 21.4. The molecule has 2 rings (SSSR count). The van der Waals surface area contributed by atoms with Crippen molar-refractivity contribution in [2.75, 3.05) is 13.2 Å². The van der Waals surface area contributed by atoms with Crippen molar-refractivity contribution in [1.82, 2.24) is 0 Å². The maximum absolute atomic E-state index is 12.7. The Morgan fingerprint density at radius 2 is 1.50 bits per heavy atom. The molecule has 1 aliphatic rings. The van der Waals surface area contributed by atoms with E-state index in [9.17, 15) is 29.1 Å². The Hall–Kier alpha value is -3.97. The minimum absolute atomic E-state index is 0.0999. The largest absolute Gasteiger partial charge is 0.463 e. The van der Waals surface area contributed by atoms with Gasteiger partial charge in [-0.05, 0) is 17.7 Å². The van der Waals surface area contributed by atoms with Crippen LogP contribution < -0.4 is 4.74 Å². The number of ether oxygens (including phenoxy) is 7. The molecule has 0 aromatic heterocycles. The molecule has 38 heavy (non-hydrogen) atoms. The number of esters is 5. The van der Waals surface area contributed by atoms with Crippen LogP contribution in [0.15, 0.2) is 30.9 Å². The van der Waals surface area contributed by atoms with Gasteiger partial charge in [-0.3, -0.25) is 19.2 Å². The van der Waals surface area contributed by atoms with E-state index in [0.717, 1.165) is 27.7 Å². The molecule has 1 aliphatic heterocycles. The SMILES string of the molecule is C=CCOC(=O)c1cc(CO)ccc1O[C@@H]1OC(COC(C)=O)C(OC(C)=O)C(OC(C)=O)[C@H]1OC(C)=O. The predicted molar refractivity (Wildman–Crippen MR) is 125 cm³/mol. The highest BCUT2D eigenvalue weighted by molar-refractivity contribution is 5.92. The fourth-order valence-electron chi connectivity index (χ4n) is 3.56. The van der Waals surface area contributed by atoms with Gasteiger partial charge < -0.3 is 38.3 Å². The molecular formula is C25H30O13.